The molecule has 21 heavy (non-hydrogen) atoms. The Labute approximate surface area is 123 Å². The van der Waals surface area contributed by atoms with Crippen molar-refractivity contribution in [3.8, 4) is 5.75 Å². The Morgan fingerprint density at radius 2 is 1.90 bits per heavy atom. The van der Waals surface area contributed by atoms with E-state index in [4.69, 9.17) is 0 Å². The van der Waals surface area contributed by atoms with Gasteiger partial charge in [-0.05, 0) is 36.0 Å². The number of alkyl halides is 3. The number of rotatable bonds is 5. The van der Waals surface area contributed by atoms with Crippen molar-refractivity contribution >= 4 is 0 Å². The third-order valence-corrected chi connectivity index (χ3v) is 4.07. The van der Waals surface area contributed by atoms with Crippen LogP contribution in [-0.4, -0.2) is 12.9 Å². The van der Waals surface area contributed by atoms with E-state index in [0.717, 1.165) is 12.1 Å². The van der Waals surface area contributed by atoms with Gasteiger partial charge in [0.15, 0.2) is 0 Å². The van der Waals surface area contributed by atoms with Crippen molar-refractivity contribution < 1.29 is 17.9 Å². The second kappa shape index (κ2) is 6.69. The zero-order chi connectivity index (χ0) is 15.3. The topological polar surface area (TPSA) is 21.3 Å². The van der Waals surface area contributed by atoms with Gasteiger partial charge in [0.2, 0.25) is 0 Å². The Morgan fingerprint density at radius 1 is 1.19 bits per heavy atom. The summed E-state index contributed by atoms with van der Waals surface area (Å²) < 4.78 is 40.5. The lowest BCUT2D eigenvalue weighted by molar-refractivity contribution is -0.274. The third-order valence-electron chi connectivity index (χ3n) is 4.07. The van der Waals surface area contributed by atoms with Crippen molar-refractivity contribution in [3.05, 3.63) is 29.8 Å². The van der Waals surface area contributed by atoms with Crippen molar-refractivity contribution in [2.24, 2.45) is 5.41 Å². The van der Waals surface area contributed by atoms with Crippen molar-refractivity contribution in [1.82, 2.24) is 5.32 Å². The fourth-order valence-electron chi connectivity index (χ4n) is 2.94. The van der Waals surface area contributed by atoms with Crippen LogP contribution >= 0.6 is 0 Å². The lowest BCUT2D eigenvalue weighted by Crippen LogP contribution is -2.33. The summed E-state index contributed by atoms with van der Waals surface area (Å²) in [5.41, 5.74) is 1.12. The fourth-order valence-corrected chi connectivity index (χ4v) is 2.94. The largest absolute Gasteiger partial charge is 0.573 e. The van der Waals surface area contributed by atoms with E-state index in [1.54, 1.807) is 12.1 Å². The maximum atomic E-state index is 12.2. The van der Waals surface area contributed by atoms with Crippen LogP contribution in [0.4, 0.5) is 13.2 Å². The van der Waals surface area contributed by atoms with Crippen LogP contribution in [0.3, 0.4) is 0 Å². The summed E-state index contributed by atoms with van der Waals surface area (Å²) in [5.74, 6) is -0.161. The highest BCUT2D eigenvalue weighted by Gasteiger charge is 2.31. The van der Waals surface area contributed by atoms with Crippen LogP contribution in [0.2, 0.25) is 0 Å². The minimum Gasteiger partial charge on any atom is -0.406 e. The SMILES string of the molecule is CC1(CNCc2cccc(OC(F)(F)F)c2)CCCCC1. The van der Waals surface area contributed by atoms with Gasteiger partial charge in [0, 0.05) is 13.1 Å². The monoisotopic (exact) mass is 301 g/mol. The molecule has 0 bridgehead atoms. The molecular weight excluding hydrogens is 279 g/mol. The van der Waals surface area contributed by atoms with Crippen molar-refractivity contribution in [1.29, 1.82) is 0 Å². The first-order chi connectivity index (χ1) is 9.86. The molecule has 1 aromatic carbocycles. The molecule has 0 unspecified atom stereocenters. The van der Waals surface area contributed by atoms with Crippen molar-refractivity contribution in [3.63, 3.8) is 0 Å². The fraction of sp³-hybridized carbons (Fsp3) is 0.625. The Morgan fingerprint density at radius 3 is 2.57 bits per heavy atom. The van der Waals surface area contributed by atoms with Gasteiger partial charge in [-0.15, -0.1) is 13.2 Å². The first-order valence-corrected chi connectivity index (χ1v) is 7.42. The Hall–Kier alpha value is -1.23. The van der Waals surface area contributed by atoms with Crippen LogP contribution in [0.25, 0.3) is 0 Å². The van der Waals surface area contributed by atoms with E-state index < -0.39 is 6.36 Å². The molecule has 0 atom stereocenters. The van der Waals surface area contributed by atoms with E-state index in [-0.39, 0.29) is 5.75 Å². The van der Waals surface area contributed by atoms with Crippen LogP contribution in [-0.2, 0) is 6.54 Å². The Kier molecular flexibility index (Phi) is 5.14. The Balaban J connectivity index is 1.84. The zero-order valence-corrected chi connectivity index (χ0v) is 12.3. The van der Waals surface area contributed by atoms with Crippen LogP contribution in [0.1, 0.15) is 44.6 Å². The summed E-state index contributed by atoms with van der Waals surface area (Å²) in [4.78, 5) is 0. The summed E-state index contributed by atoms with van der Waals surface area (Å²) >= 11 is 0. The molecule has 0 heterocycles. The van der Waals surface area contributed by atoms with Gasteiger partial charge in [-0.3, -0.25) is 0 Å². The van der Waals surface area contributed by atoms with Gasteiger partial charge in [-0.25, -0.2) is 0 Å². The summed E-state index contributed by atoms with van der Waals surface area (Å²) in [6.45, 7) is 3.74. The number of ether oxygens (including phenoxy) is 1. The highest BCUT2D eigenvalue weighted by molar-refractivity contribution is 5.28. The average Bonchev–Trinajstić information content (AvgIpc) is 2.38. The molecule has 5 heteroatoms. The number of benzene rings is 1. The van der Waals surface area contributed by atoms with Gasteiger partial charge in [-0.2, -0.15) is 0 Å². The minimum absolute atomic E-state index is 0.161. The highest BCUT2D eigenvalue weighted by atomic mass is 19.4. The lowest BCUT2D eigenvalue weighted by atomic mass is 9.76. The van der Waals surface area contributed by atoms with Gasteiger partial charge < -0.3 is 10.1 Å². The third kappa shape index (κ3) is 5.58. The molecule has 1 aliphatic rings. The van der Waals surface area contributed by atoms with Crippen molar-refractivity contribution in [2.75, 3.05) is 6.54 Å². The number of nitrogens with one attached hydrogen (secondary N) is 1. The van der Waals surface area contributed by atoms with Gasteiger partial charge in [0.05, 0.1) is 0 Å². The van der Waals surface area contributed by atoms with E-state index in [0.29, 0.717) is 12.0 Å². The predicted molar refractivity (Wildman–Crippen MR) is 76.0 cm³/mol. The lowest BCUT2D eigenvalue weighted by Gasteiger charge is -2.33. The highest BCUT2D eigenvalue weighted by Crippen LogP contribution is 2.35. The van der Waals surface area contributed by atoms with Crippen LogP contribution < -0.4 is 10.1 Å². The predicted octanol–water partition coefficient (Wildman–Crippen LogP) is 4.65. The molecule has 2 nitrogen and oxygen atoms in total. The zero-order valence-electron chi connectivity index (χ0n) is 12.3. The van der Waals surface area contributed by atoms with Crippen molar-refractivity contribution in [2.45, 2.75) is 51.9 Å². The summed E-state index contributed by atoms with van der Waals surface area (Å²) in [6.07, 6.45) is 1.66. The maximum Gasteiger partial charge on any atom is 0.573 e. The molecular formula is C16H22F3NO. The minimum atomic E-state index is -4.64. The molecule has 0 saturated heterocycles. The Bertz CT molecular complexity index is 453. The molecule has 118 valence electrons. The average molecular weight is 301 g/mol. The normalized spacial score (nSPS) is 18.5. The molecule has 1 aromatic rings. The summed E-state index contributed by atoms with van der Waals surface area (Å²) in [6, 6.07) is 6.14. The van der Waals surface area contributed by atoms with Gasteiger partial charge >= 0.3 is 6.36 Å². The second-order valence-electron chi connectivity index (χ2n) is 6.17. The van der Waals surface area contributed by atoms with Crippen LogP contribution in [0, 0.1) is 5.41 Å². The molecule has 0 amide bonds. The second-order valence-corrected chi connectivity index (χ2v) is 6.17. The van der Waals surface area contributed by atoms with Crippen LogP contribution in [0.5, 0.6) is 5.75 Å². The number of hydrogen-bond acceptors (Lipinski definition) is 2. The summed E-state index contributed by atoms with van der Waals surface area (Å²) in [5, 5.41) is 3.37. The smallest absolute Gasteiger partial charge is 0.406 e. The summed E-state index contributed by atoms with van der Waals surface area (Å²) in [7, 11) is 0. The molecule has 1 aliphatic carbocycles. The molecule has 1 N–H and O–H groups in total. The van der Waals surface area contributed by atoms with E-state index in [1.165, 1.54) is 44.2 Å². The van der Waals surface area contributed by atoms with E-state index >= 15 is 0 Å². The van der Waals surface area contributed by atoms with Gasteiger partial charge in [0.25, 0.3) is 0 Å². The molecule has 1 saturated carbocycles. The number of halogens is 3. The maximum absolute atomic E-state index is 12.2. The molecule has 0 spiro atoms. The molecule has 0 aliphatic heterocycles. The van der Waals surface area contributed by atoms with Gasteiger partial charge in [0.1, 0.15) is 5.75 Å². The van der Waals surface area contributed by atoms with E-state index in [1.807, 2.05) is 0 Å². The standard InChI is InChI=1S/C16H22F3NO/c1-15(8-3-2-4-9-15)12-20-11-13-6-5-7-14(10-13)21-16(17,18)19/h5-7,10,20H,2-4,8-9,11-12H2,1H3. The first-order valence-electron chi connectivity index (χ1n) is 7.42. The molecule has 0 radical (unpaired) electrons. The molecule has 0 aromatic heterocycles. The first kappa shape index (κ1) is 16.1. The number of hydrogen-bond donors (Lipinski definition) is 1. The van der Waals surface area contributed by atoms with Gasteiger partial charge in [-0.1, -0.05) is 38.3 Å². The van der Waals surface area contributed by atoms with E-state index in [9.17, 15) is 13.2 Å². The van der Waals surface area contributed by atoms with Crippen LogP contribution in [0.15, 0.2) is 24.3 Å². The molecule has 2 rings (SSSR count). The van der Waals surface area contributed by atoms with E-state index in [2.05, 4.69) is 17.0 Å². The molecule has 1 fully saturated rings. The quantitative estimate of drug-likeness (QED) is 0.855.